The van der Waals surface area contributed by atoms with Crippen LogP contribution in [0.25, 0.3) is 0 Å². The van der Waals surface area contributed by atoms with Crippen LogP contribution in [0.5, 0.6) is 0 Å². The minimum Gasteiger partial charge on any atom is -0.396 e. The van der Waals surface area contributed by atoms with E-state index in [9.17, 15) is 14.7 Å². The van der Waals surface area contributed by atoms with E-state index >= 15 is 0 Å². The van der Waals surface area contributed by atoms with Crippen LogP contribution in [0.3, 0.4) is 0 Å². The molecule has 2 atom stereocenters. The molecule has 1 aromatic heterocycles. The van der Waals surface area contributed by atoms with Gasteiger partial charge in [0.25, 0.3) is 5.91 Å². The number of β-lactam (4-membered cyclic amide) rings is 1. The van der Waals surface area contributed by atoms with E-state index in [1.165, 1.54) is 0 Å². The van der Waals surface area contributed by atoms with Crippen LogP contribution in [-0.4, -0.2) is 50.2 Å². The molecule has 10 heteroatoms. The van der Waals surface area contributed by atoms with Crippen LogP contribution in [0.15, 0.2) is 60.8 Å². The number of carbonyl (C=O) groups excluding carboxylic acids is 2. The first-order valence-corrected chi connectivity index (χ1v) is 13.1. The van der Waals surface area contributed by atoms with Gasteiger partial charge in [0.05, 0.1) is 17.9 Å². The summed E-state index contributed by atoms with van der Waals surface area (Å²) in [5.74, 6) is -0.853. The van der Waals surface area contributed by atoms with Crippen molar-refractivity contribution in [2.24, 2.45) is 5.92 Å². The molecule has 2 aromatic carbocycles. The summed E-state index contributed by atoms with van der Waals surface area (Å²) in [6.45, 7) is 3.36. The van der Waals surface area contributed by atoms with Gasteiger partial charge >= 0.3 is 0 Å². The number of hydrogen-bond donors (Lipinski definition) is 2. The number of halogens is 1. The predicted molar refractivity (Wildman–Crippen MR) is 144 cm³/mol. The van der Waals surface area contributed by atoms with Crippen molar-refractivity contribution in [3.63, 3.8) is 0 Å². The van der Waals surface area contributed by atoms with Gasteiger partial charge < -0.3 is 20.0 Å². The second-order valence-corrected chi connectivity index (χ2v) is 10.2. The molecule has 3 aromatic rings. The number of amides is 2. The van der Waals surface area contributed by atoms with Crippen LogP contribution in [0.4, 0.5) is 11.4 Å². The maximum absolute atomic E-state index is 13.8. The fourth-order valence-corrected chi connectivity index (χ4v) is 5.16. The van der Waals surface area contributed by atoms with Gasteiger partial charge in [-0.15, -0.1) is 5.10 Å². The minimum absolute atomic E-state index is 0.0226. The van der Waals surface area contributed by atoms with Crippen molar-refractivity contribution in [3.05, 3.63) is 82.7 Å². The lowest BCUT2D eigenvalue weighted by Gasteiger charge is -2.31. The molecule has 0 radical (unpaired) electrons. The summed E-state index contributed by atoms with van der Waals surface area (Å²) in [6, 6.07) is 12.7. The number of hydrogen-bond acceptors (Lipinski definition) is 6. The highest BCUT2D eigenvalue weighted by Crippen LogP contribution is 2.46. The van der Waals surface area contributed by atoms with Crippen molar-refractivity contribution >= 4 is 34.8 Å². The summed E-state index contributed by atoms with van der Waals surface area (Å²) in [4.78, 5) is 29.0. The van der Waals surface area contributed by atoms with Gasteiger partial charge in [-0.25, -0.2) is 0 Å². The standard InChI is InChI=1S/C28H30ClN5O4/c1-19(5-2-3-12-32-18-22(11-14-35)30-31-32)28(38)24-16-21(29)8-9-25(24)34(27(28)37)17-20-6-4-7-23(15-20)33-13-10-26(33)36/h2,4-9,15-16,18-19,35,38H,3,10-14,17H2,1H3/b5-2+/t19-,28+/m1/s1. The minimum atomic E-state index is -1.77. The van der Waals surface area contributed by atoms with E-state index in [4.69, 9.17) is 16.7 Å². The highest BCUT2D eigenvalue weighted by molar-refractivity contribution is 6.31. The highest BCUT2D eigenvalue weighted by Gasteiger charge is 2.52. The van der Waals surface area contributed by atoms with Crippen LogP contribution < -0.4 is 9.80 Å². The predicted octanol–water partition coefficient (Wildman–Crippen LogP) is 3.22. The van der Waals surface area contributed by atoms with Crippen molar-refractivity contribution in [1.29, 1.82) is 0 Å². The molecule has 38 heavy (non-hydrogen) atoms. The fourth-order valence-electron chi connectivity index (χ4n) is 4.99. The molecule has 1 saturated heterocycles. The zero-order chi connectivity index (χ0) is 26.9. The Morgan fingerprint density at radius 3 is 2.79 bits per heavy atom. The van der Waals surface area contributed by atoms with E-state index in [-0.39, 0.29) is 19.1 Å². The zero-order valence-corrected chi connectivity index (χ0v) is 21.9. The molecule has 5 rings (SSSR count). The Hall–Kier alpha value is -3.53. The van der Waals surface area contributed by atoms with Crippen molar-refractivity contribution < 1.29 is 19.8 Å². The Balaban J connectivity index is 1.34. The third-order valence-corrected chi connectivity index (χ3v) is 7.44. The first kappa shape index (κ1) is 26.1. The average Bonchev–Trinajstić information content (AvgIpc) is 3.43. The molecule has 3 heterocycles. The van der Waals surface area contributed by atoms with E-state index in [1.807, 2.05) is 43.3 Å². The number of rotatable bonds is 10. The van der Waals surface area contributed by atoms with Crippen LogP contribution in [0, 0.1) is 5.92 Å². The summed E-state index contributed by atoms with van der Waals surface area (Å²) < 4.78 is 1.70. The molecular formula is C28H30ClN5O4. The third kappa shape index (κ3) is 4.84. The SMILES string of the molecule is C[C@H](/C=C/CCn1cc(CCO)nn1)[C@@]1(O)C(=O)N(Cc2cccc(N3CCC3=O)c2)c2ccc(Cl)cc21. The summed E-state index contributed by atoms with van der Waals surface area (Å²) >= 11 is 6.29. The van der Waals surface area contributed by atoms with Gasteiger partial charge in [-0.1, -0.05) is 48.0 Å². The summed E-state index contributed by atoms with van der Waals surface area (Å²) in [5.41, 5.74) is 1.72. The summed E-state index contributed by atoms with van der Waals surface area (Å²) in [7, 11) is 0. The Labute approximate surface area is 225 Å². The van der Waals surface area contributed by atoms with Gasteiger partial charge in [0.1, 0.15) is 0 Å². The Morgan fingerprint density at radius 1 is 1.21 bits per heavy atom. The maximum atomic E-state index is 13.8. The number of aliphatic hydroxyl groups is 2. The number of fused-ring (bicyclic) bond motifs is 1. The molecule has 0 spiro atoms. The number of anilines is 2. The molecule has 9 nitrogen and oxygen atoms in total. The third-order valence-electron chi connectivity index (χ3n) is 7.21. The van der Waals surface area contributed by atoms with Gasteiger partial charge in [-0.3, -0.25) is 14.3 Å². The number of nitrogens with zero attached hydrogens (tertiary/aromatic N) is 5. The quantitative estimate of drug-likeness (QED) is 0.304. The molecule has 2 N–H and O–H groups in total. The van der Waals surface area contributed by atoms with Crippen LogP contribution >= 0.6 is 11.6 Å². The number of aliphatic hydroxyl groups excluding tert-OH is 1. The number of carbonyl (C=O) groups is 2. The molecule has 2 amide bonds. The first-order valence-electron chi connectivity index (χ1n) is 12.7. The van der Waals surface area contributed by atoms with Crippen LogP contribution in [-0.2, 0) is 34.7 Å². The molecule has 198 valence electrons. The molecule has 0 saturated carbocycles. The van der Waals surface area contributed by atoms with Gasteiger partial charge in [0, 0.05) is 60.9 Å². The number of aryl methyl sites for hydroxylation is 1. The van der Waals surface area contributed by atoms with Crippen molar-refractivity contribution in [3.8, 4) is 0 Å². The second kappa shape index (κ2) is 10.7. The van der Waals surface area contributed by atoms with E-state index < -0.39 is 17.4 Å². The Bertz CT molecular complexity index is 1390. The van der Waals surface area contributed by atoms with Gasteiger partial charge in [0.15, 0.2) is 5.60 Å². The van der Waals surface area contributed by atoms with Gasteiger partial charge in [-0.05, 0) is 42.3 Å². The molecule has 2 aliphatic rings. The van der Waals surface area contributed by atoms with Crippen molar-refractivity contribution in [2.75, 3.05) is 23.0 Å². The zero-order valence-electron chi connectivity index (χ0n) is 21.1. The lowest BCUT2D eigenvalue weighted by molar-refractivity contribution is -0.139. The fraction of sp³-hybridized carbons (Fsp3) is 0.357. The van der Waals surface area contributed by atoms with Gasteiger partial charge in [0.2, 0.25) is 5.91 Å². The Kier molecular flexibility index (Phi) is 7.34. The smallest absolute Gasteiger partial charge is 0.264 e. The molecule has 2 aliphatic heterocycles. The van der Waals surface area contributed by atoms with Crippen molar-refractivity contribution in [2.45, 2.75) is 44.9 Å². The summed E-state index contributed by atoms with van der Waals surface area (Å²) in [5, 5.41) is 29.4. The monoisotopic (exact) mass is 535 g/mol. The van der Waals surface area contributed by atoms with E-state index in [2.05, 4.69) is 10.3 Å². The Morgan fingerprint density at radius 2 is 2.05 bits per heavy atom. The molecule has 1 fully saturated rings. The largest absolute Gasteiger partial charge is 0.396 e. The molecule has 0 unspecified atom stereocenters. The normalized spacial score (nSPS) is 19.8. The van der Waals surface area contributed by atoms with Crippen LogP contribution in [0.2, 0.25) is 5.02 Å². The number of allylic oxidation sites excluding steroid dienone is 1. The number of benzene rings is 2. The molecule has 0 bridgehead atoms. The maximum Gasteiger partial charge on any atom is 0.264 e. The van der Waals surface area contributed by atoms with E-state index in [0.29, 0.717) is 48.6 Å². The highest BCUT2D eigenvalue weighted by atomic mass is 35.5. The van der Waals surface area contributed by atoms with Crippen LogP contribution in [0.1, 0.15) is 36.6 Å². The van der Waals surface area contributed by atoms with Crippen molar-refractivity contribution in [1.82, 2.24) is 15.0 Å². The van der Waals surface area contributed by atoms with Gasteiger partial charge in [-0.2, -0.15) is 0 Å². The summed E-state index contributed by atoms with van der Waals surface area (Å²) in [6.07, 6.45) is 7.19. The first-order chi connectivity index (χ1) is 18.3. The van der Waals surface area contributed by atoms with E-state index in [1.54, 1.807) is 38.9 Å². The average molecular weight is 536 g/mol. The molecule has 0 aliphatic carbocycles. The lowest BCUT2D eigenvalue weighted by atomic mass is 9.83. The second-order valence-electron chi connectivity index (χ2n) is 9.74. The van der Waals surface area contributed by atoms with E-state index in [0.717, 1.165) is 16.9 Å². The molecular weight excluding hydrogens is 506 g/mol. The lowest BCUT2D eigenvalue weighted by Crippen LogP contribution is -2.44. The number of aromatic nitrogens is 3. The topological polar surface area (TPSA) is 112 Å².